The first kappa shape index (κ1) is 34.7. The van der Waals surface area contributed by atoms with Crippen LogP contribution in [0.4, 0.5) is 5.69 Å². The molecule has 9 heteroatoms. The summed E-state index contributed by atoms with van der Waals surface area (Å²) in [7, 11) is -4.22. The maximum absolute atomic E-state index is 14.7. The van der Waals surface area contributed by atoms with Crippen molar-refractivity contribution in [3.63, 3.8) is 0 Å². The van der Waals surface area contributed by atoms with E-state index >= 15 is 0 Å². The summed E-state index contributed by atoms with van der Waals surface area (Å²) in [5.41, 5.74) is 4.41. The predicted molar refractivity (Wildman–Crippen MR) is 185 cm³/mol. The summed E-state index contributed by atoms with van der Waals surface area (Å²) in [6, 6.07) is 27.7. The second-order valence-corrected chi connectivity index (χ2v) is 13.9. The Kier molecular flexibility index (Phi) is 11.7. The van der Waals surface area contributed by atoms with E-state index in [1.165, 1.54) is 17.0 Å². The highest BCUT2D eigenvalue weighted by atomic mass is 35.5. The number of sulfonamides is 1. The number of aryl methyl sites for hydroxylation is 2. The predicted octanol–water partition coefficient (Wildman–Crippen LogP) is 7.02. The summed E-state index contributed by atoms with van der Waals surface area (Å²) in [4.78, 5) is 30.2. The van der Waals surface area contributed by atoms with E-state index < -0.39 is 28.5 Å². The van der Waals surface area contributed by atoms with Gasteiger partial charge in [-0.3, -0.25) is 13.9 Å². The summed E-state index contributed by atoms with van der Waals surface area (Å²) in [5.74, 6) is -0.814. The van der Waals surface area contributed by atoms with Crippen LogP contribution in [0.2, 0.25) is 5.02 Å². The fourth-order valence-electron chi connectivity index (χ4n) is 5.18. The number of nitrogens with one attached hydrogen (secondary N) is 1. The van der Waals surface area contributed by atoms with Gasteiger partial charge in [0.1, 0.15) is 12.6 Å². The van der Waals surface area contributed by atoms with Crippen LogP contribution < -0.4 is 9.62 Å². The zero-order valence-electron chi connectivity index (χ0n) is 27.0. The molecule has 0 saturated heterocycles. The molecule has 4 rings (SSSR count). The quantitative estimate of drug-likeness (QED) is 0.167. The Balaban J connectivity index is 1.85. The Morgan fingerprint density at radius 3 is 2.15 bits per heavy atom. The smallest absolute Gasteiger partial charge is 0.264 e. The van der Waals surface area contributed by atoms with E-state index in [2.05, 4.69) is 5.32 Å². The Bertz CT molecular complexity index is 1760. The maximum atomic E-state index is 14.7. The van der Waals surface area contributed by atoms with E-state index in [4.69, 9.17) is 11.6 Å². The van der Waals surface area contributed by atoms with Crippen molar-refractivity contribution in [2.75, 3.05) is 10.8 Å². The number of nitrogens with zero attached hydrogens (tertiary/aromatic N) is 2. The van der Waals surface area contributed by atoms with Gasteiger partial charge >= 0.3 is 0 Å². The molecule has 0 heterocycles. The molecule has 46 heavy (non-hydrogen) atoms. The van der Waals surface area contributed by atoms with Gasteiger partial charge in [-0.2, -0.15) is 0 Å². The van der Waals surface area contributed by atoms with Gasteiger partial charge in [-0.05, 0) is 80.6 Å². The van der Waals surface area contributed by atoms with Gasteiger partial charge in [-0.15, -0.1) is 0 Å². The number of hydrogen-bond donors (Lipinski definition) is 1. The highest BCUT2D eigenvalue weighted by molar-refractivity contribution is 7.92. The molecule has 7 nitrogen and oxygen atoms in total. The highest BCUT2D eigenvalue weighted by Gasteiger charge is 2.35. The third-order valence-electron chi connectivity index (χ3n) is 8.27. The summed E-state index contributed by atoms with van der Waals surface area (Å²) in [6.07, 6.45) is 0.966. The van der Waals surface area contributed by atoms with Crippen molar-refractivity contribution < 1.29 is 18.0 Å². The van der Waals surface area contributed by atoms with Crippen LogP contribution in [0.1, 0.15) is 48.1 Å². The molecule has 0 fully saturated rings. The lowest BCUT2D eigenvalue weighted by Gasteiger charge is -2.35. The van der Waals surface area contributed by atoms with E-state index in [0.29, 0.717) is 22.7 Å². The van der Waals surface area contributed by atoms with Crippen LogP contribution in [0.5, 0.6) is 0 Å². The monoisotopic (exact) mass is 659 g/mol. The molecule has 1 N–H and O–H groups in total. The largest absolute Gasteiger partial charge is 0.352 e. The number of halogens is 1. The van der Waals surface area contributed by atoms with Crippen molar-refractivity contribution in [3.05, 3.63) is 130 Å². The van der Waals surface area contributed by atoms with Crippen molar-refractivity contribution in [2.24, 2.45) is 0 Å². The molecular weight excluding hydrogens is 618 g/mol. The number of carbonyl (C=O) groups excluding carboxylic acids is 2. The van der Waals surface area contributed by atoms with Crippen molar-refractivity contribution >= 4 is 39.1 Å². The second-order valence-electron chi connectivity index (χ2n) is 11.7. The molecule has 4 aromatic carbocycles. The first-order chi connectivity index (χ1) is 21.9. The van der Waals surface area contributed by atoms with Crippen LogP contribution in [-0.4, -0.2) is 43.8 Å². The number of benzene rings is 4. The van der Waals surface area contributed by atoms with Crippen LogP contribution in [0, 0.1) is 20.8 Å². The molecule has 0 radical (unpaired) electrons. The van der Waals surface area contributed by atoms with Gasteiger partial charge in [0.05, 0.1) is 10.6 Å². The molecule has 0 saturated carbocycles. The van der Waals surface area contributed by atoms with Gasteiger partial charge in [0.25, 0.3) is 10.0 Å². The molecule has 0 spiro atoms. The van der Waals surface area contributed by atoms with Gasteiger partial charge < -0.3 is 10.2 Å². The third kappa shape index (κ3) is 8.36. The first-order valence-corrected chi connectivity index (χ1v) is 17.3. The molecule has 4 aromatic rings. The lowest BCUT2D eigenvalue weighted by molar-refractivity contribution is -0.140. The van der Waals surface area contributed by atoms with E-state index in [0.717, 1.165) is 26.6 Å². The minimum atomic E-state index is -4.22. The van der Waals surface area contributed by atoms with E-state index in [1.54, 1.807) is 37.3 Å². The molecule has 0 aliphatic rings. The lowest BCUT2D eigenvalue weighted by Crippen LogP contribution is -2.54. The van der Waals surface area contributed by atoms with E-state index in [1.807, 2.05) is 82.3 Å². The molecule has 242 valence electrons. The van der Waals surface area contributed by atoms with Crippen LogP contribution >= 0.6 is 11.6 Å². The Labute approximate surface area is 278 Å². The van der Waals surface area contributed by atoms with E-state index in [-0.39, 0.29) is 29.8 Å². The number of hydrogen-bond acceptors (Lipinski definition) is 4. The molecule has 0 aromatic heterocycles. The fraction of sp³-hybridized carbons (Fsp3) is 0.297. The van der Waals surface area contributed by atoms with Crippen molar-refractivity contribution in [3.8, 4) is 0 Å². The molecule has 0 aliphatic carbocycles. The maximum Gasteiger partial charge on any atom is 0.264 e. The van der Waals surface area contributed by atoms with E-state index in [9.17, 15) is 18.0 Å². The van der Waals surface area contributed by atoms with Gasteiger partial charge in [0, 0.05) is 24.0 Å². The highest BCUT2D eigenvalue weighted by Crippen LogP contribution is 2.31. The topological polar surface area (TPSA) is 86.8 Å². The summed E-state index contributed by atoms with van der Waals surface area (Å²) in [6.45, 7) is 9.03. The average Bonchev–Trinajstić information content (AvgIpc) is 3.04. The normalized spacial score (nSPS) is 12.7. The van der Waals surface area contributed by atoms with Crippen LogP contribution in [0.15, 0.2) is 102 Å². The lowest BCUT2D eigenvalue weighted by atomic mass is 10.0. The van der Waals surface area contributed by atoms with Gasteiger partial charge in [0.15, 0.2) is 0 Å². The van der Waals surface area contributed by atoms with Gasteiger partial charge in [-0.1, -0.05) is 96.9 Å². The molecule has 0 aliphatic heterocycles. The number of carbonyl (C=O) groups is 2. The number of rotatable bonds is 13. The average molecular weight is 660 g/mol. The number of amides is 2. The van der Waals surface area contributed by atoms with Crippen molar-refractivity contribution in [2.45, 2.75) is 71.0 Å². The Hall–Kier alpha value is -4.14. The molecule has 2 atom stereocenters. The zero-order valence-corrected chi connectivity index (χ0v) is 28.6. The van der Waals surface area contributed by atoms with Crippen LogP contribution in [0.3, 0.4) is 0 Å². The SMILES string of the molecule is CC[C@@H](C)NC(=O)[C@@H](Cc1ccccc1)N(Cc1ccccc1C)C(=O)CN(c1cccc(Cl)c1C)S(=O)(=O)c1ccc(C)cc1. The molecule has 0 bridgehead atoms. The molecule has 0 unspecified atom stereocenters. The standard InChI is InChI=1S/C37H42ClN3O4S/c1-6-28(4)39-37(43)35(23-30-14-8-7-9-15-30)40(24-31-16-11-10-13-27(31)3)36(42)25-41(34-18-12-17-33(38)29(34)5)46(44,45)32-21-19-26(2)20-22-32/h7-22,28,35H,6,23-25H2,1-5H3,(H,39,43)/t28-,35-/m1/s1. The zero-order chi connectivity index (χ0) is 33.4. The van der Waals surface area contributed by atoms with Crippen molar-refractivity contribution in [1.82, 2.24) is 10.2 Å². The minimum Gasteiger partial charge on any atom is -0.352 e. The summed E-state index contributed by atoms with van der Waals surface area (Å²) >= 11 is 6.47. The van der Waals surface area contributed by atoms with Crippen molar-refractivity contribution in [1.29, 1.82) is 0 Å². The summed E-state index contributed by atoms with van der Waals surface area (Å²) < 4.78 is 29.7. The third-order valence-corrected chi connectivity index (χ3v) is 10.5. The number of anilines is 1. The Morgan fingerprint density at radius 2 is 1.50 bits per heavy atom. The van der Waals surface area contributed by atoms with Crippen LogP contribution in [-0.2, 0) is 32.6 Å². The minimum absolute atomic E-state index is 0.0473. The molecule has 2 amide bonds. The van der Waals surface area contributed by atoms with Gasteiger partial charge in [0.2, 0.25) is 11.8 Å². The summed E-state index contributed by atoms with van der Waals surface area (Å²) in [5, 5.41) is 3.44. The first-order valence-electron chi connectivity index (χ1n) is 15.4. The molecular formula is C37H42ClN3O4S. The fourth-order valence-corrected chi connectivity index (χ4v) is 6.82. The Morgan fingerprint density at radius 1 is 0.848 bits per heavy atom. The second kappa shape index (κ2) is 15.4. The van der Waals surface area contributed by atoms with Gasteiger partial charge in [-0.25, -0.2) is 8.42 Å². The van der Waals surface area contributed by atoms with Crippen LogP contribution in [0.25, 0.3) is 0 Å².